The molecule has 0 atom stereocenters. The molecule has 0 aliphatic carbocycles. The van der Waals surface area contributed by atoms with Crippen molar-refractivity contribution in [2.45, 2.75) is 194 Å². The van der Waals surface area contributed by atoms with E-state index in [-0.39, 0.29) is 0 Å². The van der Waals surface area contributed by atoms with Gasteiger partial charge in [-0.3, -0.25) is 0 Å². The largest absolute Gasteiger partial charge is 0.256 e. The van der Waals surface area contributed by atoms with E-state index in [0.29, 0.717) is 0 Å². The number of aromatic nitrogens is 2. The van der Waals surface area contributed by atoms with Crippen LogP contribution in [0.3, 0.4) is 0 Å². The maximum Gasteiger partial charge on any atom is 0.256 e. The highest BCUT2D eigenvalue weighted by atomic mass is 15.1. The van der Waals surface area contributed by atoms with Crippen molar-refractivity contribution in [2.75, 3.05) is 0 Å². The second-order valence-corrected chi connectivity index (χ2v) is 11.3. The summed E-state index contributed by atoms with van der Waals surface area (Å²) in [5.74, 6) is 1.60. The molecule has 0 bridgehead atoms. The molecule has 0 radical (unpaired) electrons. The Morgan fingerprint density at radius 3 is 1.34 bits per heavy atom. The van der Waals surface area contributed by atoms with Crippen LogP contribution in [-0.4, -0.2) is 4.57 Å². The second kappa shape index (κ2) is 24.9. The van der Waals surface area contributed by atoms with Crippen LogP contribution in [0.1, 0.15) is 181 Å². The van der Waals surface area contributed by atoms with Crippen LogP contribution in [0.2, 0.25) is 0 Å². The van der Waals surface area contributed by atoms with Gasteiger partial charge in [-0.1, -0.05) is 149 Å². The van der Waals surface area contributed by atoms with E-state index in [0.717, 1.165) is 0 Å². The molecular formula is C33H65N2+. The van der Waals surface area contributed by atoms with Crippen LogP contribution in [0.5, 0.6) is 0 Å². The standard InChI is InChI=1S/C33H65N2/c1-4-7-10-12-14-16-18-20-22-24-26-28-33-34(29-9-6-3)31-32-35(33)30-27-25-23-21-19-17-15-13-11-8-5-2/h31-32H,4-30H2,1-3H3/q+1. The fraction of sp³-hybridized carbons (Fsp3) is 0.909. The van der Waals surface area contributed by atoms with E-state index < -0.39 is 0 Å². The molecule has 206 valence electrons. The summed E-state index contributed by atoms with van der Waals surface area (Å²) in [5.41, 5.74) is 0. The monoisotopic (exact) mass is 490 g/mol. The van der Waals surface area contributed by atoms with E-state index in [1.54, 1.807) is 5.82 Å². The molecule has 0 aliphatic rings. The van der Waals surface area contributed by atoms with Gasteiger partial charge in [0.25, 0.3) is 5.82 Å². The van der Waals surface area contributed by atoms with Gasteiger partial charge >= 0.3 is 0 Å². The maximum atomic E-state index is 2.60. The average molecular weight is 490 g/mol. The second-order valence-electron chi connectivity index (χ2n) is 11.3. The van der Waals surface area contributed by atoms with E-state index in [1.807, 2.05) is 0 Å². The maximum absolute atomic E-state index is 2.60. The Morgan fingerprint density at radius 1 is 0.486 bits per heavy atom. The van der Waals surface area contributed by atoms with Crippen molar-refractivity contribution in [1.29, 1.82) is 0 Å². The Kier molecular flexibility index (Phi) is 22.9. The van der Waals surface area contributed by atoms with Crippen molar-refractivity contribution in [3.8, 4) is 0 Å². The summed E-state index contributed by atoms with van der Waals surface area (Å²) in [6.45, 7) is 9.35. The smallest absolute Gasteiger partial charge is 0.234 e. The lowest BCUT2D eigenvalue weighted by Crippen LogP contribution is -2.37. The summed E-state index contributed by atoms with van der Waals surface area (Å²) in [6.07, 6.45) is 40.1. The highest BCUT2D eigenvalue weighted by Crippen LogP contribution is 2.14. The van der Waals surface area contributed by atoms with Crippen molar-refractivity contribution in [2.24, 2.45) is 0 Å². The van der Waals surface area contributed by atoms with Gasteiger partial charge in [-0.15, -0.1) is 0 Å². The molecule has 0 saturated heterocycles. The zero-order chi connectivity index (χ0) is 25.2. The predicted octanol–water partition coefficient (Wildman–Crippen LogP) is 10.7. The van der Waals surface area contributed by atoms with E-state index in [1.165, 1.54) is 174 Å². The molecule has 1 rings (SSSR count). The van der Waals surface area contributed by atoms with E-state index in [2.05, 4.69) is 42.3 Å². The molecule has 0 aliphatic heterocycles. The zero-order valence-electron chi connectivity index (χ0n) is 24.6. The van der Waals surface area contributed by atoms with Crippen LogP contribution in [0.15, 0.2) is 12.4 Å². The number of nitrogens with zero attached hydrogens (tertiary/aromatic N) is 2. The van der Waals surface area contributed by atoms with Crippen LogP contribution in [0.25, 0.3) is 0 Å². The fourth-order valence-electron chi connectivity index (χ4n) is 5.41. The molecule has 0 fully saturated rings. The summed E-state index contributed by atoms with van der Waals surface area (Å²) in [7, 11) is 0. The molecule has 2 heteroatoms. The van der Waals surface area contributed by atoms with Crippen molar-refractivity contribution in [1.82, 2.24) is 4.57 Å². The van der Waals surface area contributed by atoms with Crippen molar-refractivity contribution in [3.05, 3.63) is 18.2 Å². The van der Waals surface area contributed by atoms with Crippen LogP contribution < -0.4 is 4.57 Å². The third-order valence-electron chi connectivity index (χ3n) is 7.85. The summed E-state index contributed by atoms with van der Waals surface area (Å²) < 4.78 is 5.16. The number of rotatable bonds is 27. The van der Waals surface area contributed by atoms with E-state index >= 15 is 0 Å². The molecule has 1 heterocycles. The number of imidazole rings is 1. The lowest BCUT2D eigenvalue weighted by Gasteiger charge is -2.07. The molecular weight excluding hydrogens is 424 g/mol. The van der Waals surface area contributed by atoms with Gasteiger partial charge < -0.3 is 0 Å². The molecule has 1 aromatic rings. The number of aryl methyl sites for hydroxylation is 2. The summed E-state index contributed by atoms with van der Waals surface area (Å²) >= 11 is 0. The quantitative estimate of drug-likeness (QED) is 0.0858. The molecule has 0 N–H and O–H groups in total. The summed E-state index contributed by atoms with van der Waals surface area (Å²) in [4.78, 5) is 0. The molecule has 1 aromatic heterocycles. The Hall–Kier alpha value is -0.790. The van der Waals surface area contributed by atoms with Crippen LogP contribution in [-0.2, 0) is 19.5 Å². The van der Waals surface area contributed by atoms with Gasteiger partial charge in [0.05, 0.1) is 13.1 Å². The highest BCUT2D eigenvalue weighted by Gasteiger charge is 2.16. The van der Waals surface area contributed by atoms with Crippen LogP contribution in [0.4, 0.5) is 0 Å². The number of unbranched alkanes of at least 4 members (excludes halogenated alkanes) is 21. The summed E-state index contributed by atoms with van der Waals surface area (Å²) in [6, 6.07) is 0. The first-order valence-corrected chi connectivity index (χ1v) is 16.4. The summed E-state index contributed by atoms with van der Waals surface area (Å²) in [5, 5.41) is 0. The molecule has 0 saturated carbocycles. The van der Waals surface area contributed by atoms with Gasteiger partial charge in [-0.2, -0.15) is 0 Å². The minimum absolute atomic E-state index is 1.20. The molecule has 0 spiro atoms. The first-order chi connectivity index (χ1) is 17.3. The van der Waals surface area contributed by atoms with Gasteiger partial charge in [0.15, 0.2) is 0 Å². The molecule has 35 heavy (non-hydrogen) atoms. The fourth-order valence-corrected chi connectivity index (χ4v) is 5.41. The van der Waals surface area contributed by atoms with Gasteiger partial charge in [0.1, 0.15) is 12.4 Å². The topological polar surface area (TPSA) is 8.81 Å². The lowest BCUT2D eigenvalue weighted by molar-refractivity contribution is -0.704. The van der Waals surface area contributed by atoms with Crippen molar-refractivity contribution < 1.29 is 4.57 Å². The molecule has 0 amide bonds. The third kappa shape index (κ3) is 18.2. The van der Waals surface area contributed by atoms with E-state index in [9.17, 15) is 0 Å². The first-order valence-electron chi connectivity index (χ1n) is 16.4. The van der Waals surface area contributed by atoms with Gasteiger partial charge in [-0.25, -0.2) is 9.13 Å². The van der Waals surface area contributed by atoms with Gasteiger partial charge in [0.2, 0.25) is 0 Å². The average Bonchev–Trinajstić information content (AvgIpc) is 3.25. The minimum Gasteiger partial charge on any atom is -0.234 e. The Bertz CT molecular complexity index is 547. The van der Waals surface area contributed by atoms with E-state index in [4.69, 9.17) is 0 Å². The SMILES string of the molecule is CCCCCCCCCCCCCc1n(CCCC)cc[n+]1CCCCCCCCCCCCC. The number of hydrogen-bond donors (Lipinski definition) is 0. The highest BCUT2D eigenvalue weighted by molar-refractivity contribution is 4.84. The van der Waals surface area contributed by atoms with Crippen molar-refractivity contribution in [3.63, 3.8) is 0 Å². The molecule has 0 unspecified atom stereocenters. The zero-order valence-corrected chi connectivity index (χ0v) is 24.6. The lowest BCUT2D eigenvalue weighted by atomic mass is 10.1. The Balaban J connectivity index is 2.18. The van der Waals surface area contributed by atoms with Gasteiger partial charge in [0, 0.05) is 6.42 Å². The predicted molar refractivity (Wildman–Crippen MR) is 156 cm³/mol. The molecule has 2 nitrogen and oxygen atoms in total. The Labute approximate surface area is 221 Å². The minimum atomic E-state index is 1.20. The number of hydrogen-bond acceptors (Lipinski definition) is 0. The Morgan fingerprint density at radius 2 is 0.886 bits per heavy atom. The first kappa shape index (κ1) is 32.2. The van der Waals surface area contributed by atoms with Gasteiger partial charge in [-0.05, 0) is 25.7 Å². The normalized spacial score (nSPS) is 11.5. The third-order valence-corrected chi connectivity index (χ3v) is 7.85. The molecule has 0 aromatic carbocycles. The van der Waals surface area contributed by atoms with Crippen molar-refractivity contribution >= 4 is 0 Å². The van der Waals surface area contributed by atoms with Crippen LogP contribution >= 0.6 is 0 Å². The van der Waals surface area contributed by atoms with Crippen LogP contribution in [0, 0.1) is 0 Å².